The largest absolute Gasteiger partial charge is 0.481 e. The van der Waals surface area contributed by atoms with Gasteiger partial charge in [0.1, 0.15) is 6.07 Å². The van der Waals surface area contributed by atoms with Gasteiger partial charge in [-0.15, -0.1) is 0 Å². The molecular formula is C8H7N5O. The summed E-state index contributed by atoms with van der Waals surface area (Å²) in [6, 6.07) is 3.53. The normalized spacial score (nSPS) is 8.57. The minimum absolute atomic E-state index is 0.127. The van der Waals surface area contributed by atoms with Crippen molar-refractivity contribution in [1.29, 1.82) is 5.26 Å². The SMILES string of the molecule is COc1ncc(C#N)cc1CN=[N+]=[N-]. The topological polar surface area (TPSA) is 94.7 Å². The van der Waals surface area contributed by atoms with Gasteiger partial charge in [0.05, 0.1) is 19.2 Å². The van der Waals surface area contributed by atoms with E-state index in [0.717, 1.165) is 0 Å². The molecule has 1 heterocycles. The lowest BCUT2D eigenvalue weighted by Crippen LogP contribution is -1.94. The second-order valence-electron chi connectivity index (χ2n) is 2.39. The quantitative estimate of drug-likeness (QED) is 0.411. The first kappa shape index (κ1) is 9.84. The van der Waals surface area contributed by atoms with Crippen molar-refractivity contribution < 1.29 is 4.74 Å². The van der Waals surface area contributed by atoms with Gasteiger partial charge in [-0.05, 0) is 11.6 Å². The van der Waals surface area contributed by atoms with E-state index in [1.807, 2.05) is 6.07 Å². The second-order valence-corrected chi connectivity index (χ2v) is 2.39. The molecule has 0 amide bonds. The van der Waals surface area contributed by atoms with Gasteiger partial charge in [-0.1, -0.05) is 5.11 Å². The highest BCUT2D eigenvalue weighted by atomic mass is 16.5. The van der Waals surface area contributed by atoms with Crippen LogP contribution in [0, 0.1) is 11.3 Å². The first-order valence-electron chi connectivity index (χ1n) is 3.75. The molecule has 0 aliphatic carbocycles. The van der Waals surface area contributed by atoms with E-state index in [-0.39, 0.29) is 6.54 Å². The van der Waals surface area contributed by atoms with E-state index in [2.05, 4.69) is 15.0 Å². The van der Waals surface area contributed by atoms with Gasteiger partial charge < -0.3 is 4.74 Å². The summed E-state index contributed by atoms with van der Waals surface area (Å²) in [4.78, 5) is 6.51. The average molecular weight is 189 g/mol. The predicted octanol–water partition coefficient (Wildman–Crippen LogP) is 1.77. The van der Waals surface area contributed by atoms with Gasteiger partial charge in [-0.2, -0.15) is 5.26 Å². The third-order valence-electron chi connectivity index (χ3n) is 1.55. The second kappa shape index (κ2) is 4.70. The highest BCUT2D eigenvalue weighted by Crippen LogP contribution is 2.16. The standard InChI is InChI=1S/C8H7N5O/c1-14-8-7(5-12-13-10)2-6(3-9)4-11-8/h2,4H,5H2,1H3. The van der Waals surface area contributed by atoms with E-state index in [0.29, 0.717) is 17.0 Å². The first-order valence-corrected chi connectivity index (χ1v) is 3.75. The Kier molecular flexibility index (Phi) is 3.30. The van der Waals surface area contributed by atoms with Crippen molar-refractivity contribution in [3.05, 3.63) is 33.8 Å². The first-order chi connectivity index (χ1) is 6.81. The van der Waals surface area contributed by atoms with Crippen LogP contribution in [-0.4, -0.2) is 12.1 Å². The molecule has 0 N–H and O–H groups in total. The molecule has 1 aromatic heterocycles. The van der Waals surface area contributed by atoms with Crippen LogP contribution in [0.3, 0.4) is 0 Å². The minimum atomic E-state index is 0.127. The number of ether oxygens (including phenoxy) is 1. The molecule has 0 saturated carbocycles. The van der Waals surface area contributed by atoms with Crippen LogP contribution in [0.4, 0.5) is 0 Å². The van der Waals surface area contributed by atoms with Crippen LogP contribution in [0.1, 0.15) is 11.1 Å². The minimum Gasteiger partial charge on any atom is -0.481 e. The maximum absolute atomic E-state index is 8.62. The zero-order valence-electron chi connectivity index (χ0n) is 7.51. The van der Waals surface area contributed by atoms with E-state index in [1.54, 1.807) is 6.07 Å². The molecule has 0 fully saturated rings. The van der Waals surface area contributed by atoms with Gasteiger partial charge >= 0.3 is 0 Å². The maximum atomic E-state index is 8.62. The van der Waals surface area contributed by atoms with E-state index in [4.69, 9.17) is 15.5 Å². The summed E-state index contributed by atoms with van der Waals surface area (Å²) in [6.07, 6.45) is 1.40. The van der Waals surface area contributed by atoms with Crippen molar-refractivity contribution in [2.45, 2.75) is 6.54 Å². The Morgan fingerprint density at radius 2 is 2.57 bits per heavy atom. The van der Waals surface area contributed by atoms with E-state index in [9.17, 15) is 0 Å². The van der Waals surface area contributed by atoms with Crippen LogP contribution in [-0.2, 0) is 6.54 Å². The number of methoxy groups -OCH3 is 1. The average Bonchev–Trinajstić information content (AvgIpc) is 2.25. The van der Waals surface area contributed by atoms with Crippen LogP contribution in [0.2, 0.25) is 0 Å². The molecule has 0 radical (unpaired) electrons. The van der Waals surface area contributed by atoms with Crippen molar-refractivity contribution in [2.75, 3.05) is 7.11 Å². The van der Waals surface area contributed by atoms with Crippen molar-refractivity contribution in [1.82, 2.24) is 4.98 Å². The van der Waals surface area contributed by atoms with Crippen molar-refractivity contribution >= 4 is 0 Å². The number of pyridine rings is 1. The third kappa shape index (κ3) is 2.12. The highest BCUT2D eigenvalue weighted by Gasteiger charge is 2.04. The number of nitrogens with zero attached hydrogens (tertiary/aromatic N) is 5. The maximum Gasteiger partial charge on any atom is 0.216 e. The summed E-state index contributed by atoms with van der Waals surface area (Å²) >= 11 is 0. The predicted molar refractivity (Wildman–Crippen MR) is 48.4 cm³/mol. The summed E-state index contributed by atoms with van der Waals surface area (Å²) < 4.78 is 4.94. The van der Waals surface area contributed by atoms with Crippen molar-refractivity contribution in [3.8, 4) is 11.9 Å². The number of hydrogen-bond acceptors (Lipinski definition) is 4. The number of aromatic nitrogens is 1. The van der Waals surface area contributed by atoms with Crippen molar-refractivity contribution in [3.63, 3.8) is 0 Å². The molecule has 0 atom stereocenters. The number of rotatable bonds is 3. The Bertz CT molecular complexity index is 416. The zero-order chi connectivity index (χ0) is 10.4. The fourth-order valence-corrected chi connectivity index (χ4v) is 0.964. The van der Waals surface area contributed by atoms with Gasteiger partial charge in [-0.3, -0.25) is 0 Å². The number of hydrogen-bond donors (Lipinski definition) is 0. The van der Waals surface area contributed by atoms with E-state index < -0.39 is 0 Å². The molecule has 6 heteroatoms. The molecule has 0 aliphatic rings. The lowest BCUT2D eigenvalue weighted by Gasteiger charge is -2.03. The Labute approximate surface area is 80.4 Å². The molecule has 70 valence electrons. The molecule has 0 bridgehead atoms. The number of azide groups is 1. The number of nitriles is 1. The summed E-state index contributed by atoms with van der Waals surface area (Å²) in [7, 11) is 1.47. The molecular weight excluding hydrogens is 182 g/mol. The monoisotopic (exact) mass is 189 g/mol. The summed E-state index contributed by atoms with van der Waals surface area (Å²) in [5, 5.41) is 12.0. The fraction of sp³-hybridized carbons (Fsp3) is 0.250. The smallest absolute Gasteiger partial charge is 0.216 e. The summed E-state index contributed by atoms with van der Waals surface area (Å²) in [6.45, 7) is 0.127. The van der Waals surface area contributed by atoms with Gasteiger partial charge in [0.25, 0.3) is 0 Å². The van der Waals surface area contributed by atoms with Gasteiger partial charge in [0.15, 0.2) is 0 Å². The molecule has 0 aliphatic heterocycles. The Morgan fingerprint density at radius 1 is 1.79 bits per heavy atom. The van der Waals surface area contributed by atoms with Gasteiger partial charge in [-0.25, -0.2) is 4.98 Å². The highest BCUT2D eigenvalue weighted by molar-refractivity contribution is 5.35. The van der Waals surface area contributed by atoms with E-state index >= 15 is 0 Å². The van der Waals surface area contributed by atoms with Crippen molar-refractivity contribution in [2.24, 2.45) is 5.11 Å². The third-order valence-corrected chi connectivity index (χ3v) is 1.55. The van der Waals surface area contributed by atoms with Crippen LogP contribution >= 0.6 is 0 Å². The zero-order valence-corrected chi connectivity index (χ0v) is 7.51. The lowest BCUT2D eigenvalue weighted by atomic mass is 10.2. The molecule has 0 saturated heterocycles. The molecule has 6 nitrogen and oxygen atoms in total. The summed E-state index contributed by atoms with van der Waals surface area (Å²) in [5.74, 6) is 0.372. The van der Waals surface area contributed by atoms with E-state index in [1.165, 1.54) is 13.3 Å². The summed E-state index contributed by atoms with van der Waals surface area (Å²) in [5.41, 5.74) is 9.16. The Balaban J connectivity index is 3.09. The Morgan fingerprint density at radius 3 is 3.14 bits per heavy atom. The Hall–Kier alpha value is -2.25. The van der Waals surface area contributed by atoms with Crippen LogP contribution in [0.5, 0.6) is 5.88 Å². The lowest BCUT2D eigenvalue weighted by molar-refractivity contribution is 0.392. The molecule has 0 unspecified atom stereocenters. The van der Waals surface area contributed by atoms with Crippen LogP contribution in [0.25, 0.3) is 10.4 Å². The van der Waals surface area contributed by atoms with Crippen LogP contribution < -0.4 is 4.74 Å². The van der Waals surface area contributed by atoms with Crippen LogP contribution in [0.15, 0.2) is 17.4 Å². The molecule has 1 aromatic rings. The fourth-order valence-electron chi connectivity index (χ4n) is 0.964. The molecule has 0 aromatic carbocycles. The van der Waals surface area contributed by atoms with Gasteiger partial charge in [0.2, 0.25) is 5.88 Å². The molecule has 1 rings (SSSR count). The molecule has 14 heavy (non-hydrogen) atoms. The molecule has 0 spiro atoms. The van der Waals surface area contributed by atoms with Gasteiger partial charge in [0, 0.05) is 16.7 Å².